The van der Waals surface area contributed by atoms with Crippen LogP contribution in [0.1, 0.15) is 37.2 Å². The van der Waals surface area contributed by atoms with Gasteiger partial charge < -0.3 is 15.0 Å². The quantitative estimate of drug-likeness (QED) is 0.870. The Morgan fingerprint density at radius 3 is 2.68 bits per heavy atom. The fraction of sp³-hybridized carbons (Fsp3) is 0.538. The molecule has 2 N–H and O–H groups in total. The molecule has 0 saturated heterocycles. The largest absolute Gasteiger partial charge is 0.480 e. The molecule has 1 unspecified atom stereocenters. The fourth-order valence-electron chi connectivity index (χ4n) is 2.22. The van der Waals surface area contributed by atoms with E-state index in [1.165, 1.54) is 0 Å². The van der Waals surface area contributed by atoms with Gasteiger partial charge in [-0.25, -0.2) is 4.79 Å². The first-order valence-electron chi connectivity index (χ1n) is 6.30. The van der Waals surface area contributed by atoms with Crippen molar-refractivity contribution in [1.82, 2.24) is 9.88 Å². The van der Waals surface area contributed by atoms with E-state index in [0.717, 1.165) is 12.8 Å². The second-order valence-electron chi connectivity index (χ2n) is 5.07. The van der Waals surface area contributed by atoms with Crippen molar-refractivity contribution in [3.63, 3.8) is 0 Å². The first-order chi connectivity index (χ1) is 8.88. The average Bonchev–Trinajstić information content (AvgIpc) is 3.12. The molecular formula is C13H17ClN2O3. The smallest absolute Gasteiger partial charge is 0.329 e. The zero-order valence-electron chi connectivity index (χ0n) is 10.9. The van der Waals surface area contributed by atoms with Gasteiger partial charge in [0.05, 0.1) is 5.02 Å². The number of hydrogen-bond acceptors (Lipinski definition) is 2. The summed E-state index contributed by atoms with van der Waals surface area (Å²) in [5, 5.41) is 12.4. The molecule has 0 radical (unpaired) electrons. The molecule has 1 aliphatic carbocycles. The van der Waals surface area contributed by atoms with Gasteiger partial charge in [0.25, 0.3) is 5.91 Å². The number of aromatic nitrogens is 1. The maximum absolute atomic E-state index is 12.2. The Kier molecular flexibility index (Phi) is 3.58. The summed E-state index contributed by atoms with van der Waals surface area (Å²) in [6.45, 7) is 4.05. The van der Waals surface area contributed by atoms with Crippen LogP contribution in [-0.4, -0.2) is 27.1 Å². The third-order valence-corrected chi connectivity index (χ3v) is 3.85. The highest BCUT2D eigenvalue weighted by atomic mass is 35.5. The summed E-state index contributed by atoms with van der Waals surface area (Å²) < 4.78 is 1.70. The molecule has 1 aromatic heterocycles. The topological polar surface area (TPSA) is 71.3 Å². The Labute approximate surface area is 116 Å². The van der Waals surface area contributed by atoms with Crippen molar-refractivity contribution in [2.24, 2.45) is 5.92 Å². The first kappa shape index (κ1) is 13.9. The number of nitrogens with one attached hydrogen (secondary N) is 1. The highest BCUT2D eigenvalue weighted by molar-refractivity contribution is 6.31. The molecule has 0 aliphatic heterocycles. The lowest BCUT2D eigenvalue weighted by Crippen LogP contribution is -2.54. The van der Waals surface area contributed by atoms with Crippen LogP contribution >= 0.6 is 11.6 Å². The van der Waals surface area contributed by atoms with Crippen LogP contribution in [0.2, 0.25) is 5.02 Å². The molecule has 19 heavy (non-hydrogen) atoms. The number of carbonyl (C=O) groups is 2. The Morgan fingerprint density at radius 1 is 1.58 bits per heavy atom. The van der Waals surface area contributed by atoms with E-state index in [9.17, 15) is 14.7 Å². The summed E-state index contributed by atoms with van der Waals surface area (Å²) in [6.07, 6.45) is 3.32. The SMILES string of the molecule is CCn1cc(Cl)cc1C(=O)NC(C)(C(=O)O)C1CC1. The predicted octanol–water partition coefficient (Wildman–Crippen LogP) is 2.14. The lowest BCUT2D eigenvalue weighted by Gasteiger charge is -2.26. The summed E-state index contributed by atoms with van der Waals surface area (Å²) in [6, 6.07) is 1.55. The van der Waals surface area contributed by atoms with Crippen LogP contribution in [0.4, 0.5) is 0 Å². The molecule has 5 nitrogen and oxygen atoms in total. The van der Waals surface area contributed by atoms with E-state index in [1.807, 2.05) is 6.92 Å². The third kappa shape index (κ3) is 2.61. The minimum Gasteiger partial charge on any atom is -0.480 e. The van der Waals surface area contributed by atoms with Gasteiger partial charge in [0.2, 0.25) is 0 Å². The van der Waals surface area contributed by atoms with Crippen LogP contribution in [-0.2, 0) is 11.3 Å². The number of halogens is 1. The Morgan fingerprint density at radius 2 is 2.21 bits per heavy atom. The van der Waals surface area contributed by atoms with E-state index >= 15 is 0 Å². The van der Waals surface area contributed by atoms with Crippen molar-refractivity contribution in [2.45, 2.75) is 38.8 Å². The van der Waals surface area contributed by atoms with Gasteiger partial charge in [0, 0.05) is 12.7 Å². The number of carboxylic acids is 1. The third-order valence-electron chi connectivity index (χ3n) is 3.65. The van der Waals surface area contributed by atoms with E-state index in [4.69, 9.17) is 11.6 Å². The van der Waals surface area contributed by atoms with Gasteiger partial charge in [-0.3, -0.25) is 4.79 Å². The molecule has 1 saturated carbocycles. The highest BCUT2D eigenvalue weighted by Gasteiger charge is 2.48. The lowest BCUT2D eigenvalue weighted by molar-refractivity contribution is -0.144. The second kappa shape index (κ2) is 4.89. The van der Waals surface area contributed by atoms with Gasteiger partial charge >= 0.3 is 5.97 Å². The number of nitrogens with zero attached hydrogens (tertiary/aromatic N) is 1. The zero-order valence-corrected chi connectivity index (χ0v) is 11.7. The standard InChI is InChI=1S/C13H17ClN2O3/c1-3-16-7-9(14)6-10(16)11(17)15-13(2,12(18)19)8-4-5-8/h6-8H,3-5H2,1-2H3,(H,15,17)(H,18,19). The molecule has 1 atom stereocenters. The molecule has 104 valence electrons. The number of amides is 1. The Bertz CT molecular complexity index is 522. The van der Waals surface area contributed by atoms with Crippen LogP contribution < -0.4 is 5.32 Å². The van der Waals surface area contributed by atoms with E-state index < -0.39 is 17.4 Å². The van der Waals surface area contributed by atoms with Crippen molar-refractivity contribution < 1.29 is 14.7 Å². The van der Waals surface area contributed by atoms with Crippen molar-refractivity contribution in [2.75, 3.05) is 0 Å². The first-order valence-corrected chi connectivity index (χ1v) is 6.68. The number of carboxylic acid groups (broad SMARTS) is 1. The molecule has 6 heteroatoms. The van der Waals surface area contributed by atoms with E-state index in [-0.39, 0.29) is 5.92 Å². The molecule has 2 rings (SSSR count). The summed E-state index contributed by atoms with van der Waals surface area (Å²) in [5.41, 5.74) is -0.813. The number of aryl methyl sites for hydroxylation is 1. The molecule has 1 aliphatic rings. The molecule has 0 aromatic carbocycles. The van der Waals surface area contributed by atoms with Crippen molar-refractivity contribution in [3.05, 3.63) is 23.0 Å². The number of hydrogen-bond donors (Lipinski definition) is 2. The molecular weight excluding hydrogens is 268 g/mol. The second-order valence-corrected chi connectivity index (χ2v) is 5.50. The minimum absolute atomic E-state index is 0.00876. The monoisotopic (exact) mass is 284 g/mol. The predicted molar refractivity (Wildman–Crippen MR) is 71.3 cm³/mol. The molecule has 1 heterocycles. The number of rotatable bonds is 5. The van der Waals surface area contributed by atoms with Crippen molar-refractivity contribution in [1.29, 1.82) is 0 Å². The van der Waals surface area contributed by atoms with Gasteiger partial charge in [0.15, 0.2) is 0 Å². The molecule has 0 bridgehead atoms. The fourth-order valence-corrected chi connectivity index (χ4v) is 2.44. The van der Waals surface area contributed by atoms with Crippen LogP contribution in [0.5, 0.6) is 0 Å². The molecule has 0 spiro atoms. The van der Waals surface area contributed by atoms with E-state index in [2.05, 4.69) is 5.32 Å². The van der Waals surface area contributed by atoms with Crippen LogP contribution in [0.25, 0.3) is 0 Å². The zero-order chi connectivity index (χ0) is 14.2. The van der Waals surface area contributed by atoms with Crippen molar-refractivity contribution in [3.8, 4) is 0 Å². The van der Waals surface area contributed by atoms with E-state index in [0.29, 0.717) is 17.3 Å². The van der Waals surface area contributed by atoms with Gasteiger partial charge in [-0.1, -0.05) is 11.6 Å². The normalized spacial score (nSPS) is 17.8. The van der Waals surface area contributed by atoms with Gasteiger partial charge in [0.1, 0.15) is 11.2 Å². The highest BCUT2D eigenvalue weighted by Crippen LogP contribution is 2.39. The van der Waals surface area contributed by atoms with Gasteiger partial charge in [-0.05, 0) is 38.7 Å². The summed E-state index contributed by atoms with van der Waals surface area (Å²) >= 11 is 5.88. The van der Waals surface area contributed by atoms with Crippen molar-refractivity contribution >= 4 is 23.5 Å². The Hall–Kier alpha value is -1.49. The molecule has 1 aromatic rings. The number of aliphatic carboxylic acids is 1. The summed E-state index contributed by atoms with van der Waals surface area (Å²) in [5.74, 6) is -1.39. The van der Waals surface area contributed by atoms with Gasteiger partial charge in [-0.15, -0.1) is 0 Å². The average molecular weight is 285 g/mol. The van der Waals surface area contributed by atoms with Crippen LogP contribution in [0.15, 0.2) is 12.3 Å². The van der Waals surface area contributed by atoms with Crippen LogP contribution in [0, 0.1) is 5.92 Å². The summed E-state index contributed by atoms with van der Waals surface area (Å²) in [7, 11) is 0. The minimum atomic E-state index is -1.20. The van der Waals surface area contributed by atoms with Crippen LogP contribution in [0.3, 0.4) is 0 Å². The maximum Gasteiger partial charge on any atom is 0.329 e. The molecule has 1 fully saturated rings. The maximum atomic E-state index is 12.2. The van der Waals surface area contributed by atoms with E-state index in [1.54, 1.807) is 23.8 Å². The molecule has 1 amide bonds. The lowest BCUT2D eigenvalue weighted by atomic mass is 9.96. The summed E-state index contributed by atoms with van der Waals surface area (Å²) in [4.78, 5) is 23.6. The number of carbonyl (C=O) groups excluding carboxylic acids is 1. The van der Waals surface area contributed by atoms with Gasteiger partial charge in [-0.2, -0.15) is 0 Å². The Balaban J connectivity index is 2.22.